The first kappa shape index (κ1) is 17.7. The van der Waals surface area contributed by atoms with Gasteiger partial charge in [0.15, 0.2) is 0 Å². The fourth-order valence-electron chi connectivity index (χ4n) is 1.85. The fourth-order valence-corrected chi connectivity index (χ4v) is 1.85. The molecule has 1 aromatic carbocycles. The van der Waals surface area contributed by atoms with Crippen LogP contribution in [0.15, 0.2) is 24.3 Å². The van der Waals surface area contributed by atoms with E-state index in [2.05, 4.69) is 10.2 Å². The summed E-state index contributed by atoms with van der Waals surface area (Å²) in [7, 11) is 5.65. The summed E-state index contributed by atoms with van der Waals surface area (Å²) in [5.41, 5.74) is 1.08. The van der Waals surface area contributed by atoms with Gasteiger partial charge in [-0.25, -0.2) is 0 Å². The lowest BCUT2D eigenvalue weighted by Gasteiger charge is -2.26. The molecule has 1 atom stereocenters. The molecule has 0 heterocycles. The Morgan fingerprint density at radius 3 is 2.53 bits per heavy atom. The van der Waals surface area contributed by atoms with Crippen LogP contribution >= 0.6 is 12.4 Å². The Morgan fingerprint density at radius 2 is 2.00 bits per heavy atom. The second-order valence-corrected chi connectivity index (χ2v) is 4.38. The molecule has 0 aliphatic rings. The summed E-state index contributed by atoms with van der Waals surface area (Å²) in [6, 6.07) is 8.00. The minimum atomic E-state index is 0. The molecule has 1 aromatic rings. The van der Waals surface area contributed by atoms with Gasteiger partial charge in [-0.15, -0.1) is 12.4 Å². The van der Waals surface area contributed by atoms with Crippen LogP contribution in [0.3, 0.4) is 0 Å². The number of likely N-dealkylation sites (N-methyl/N-ethyl adjacent to an activating group) is 1. The van der Waals surface area contributed by atoms with Gasteiger partial charge in [0.2, 0.25) is 5.91 Å². The maximum atomic E-state index is 11.4. The van der Waals surface area contributed by atoms with Crippen LogP contribution in [0.5, 0.6) is 5.75 Å². The quantitative estimate of drug-likeness (QED) is 0.872. The fraction of sp³-hybridized carbons (Fsp3) is 0.500. The number of methoxy groups -OCH3 is 1. The molecule has 19 heavy (non-hydrogen) atoms. The average Bonchev–Trinajstić information content (AvgIpc) is 2.38. The Bertz CT molecular complexity index is 397. The lowest BCUT2D eigenvalue weighted by atomic mass is 10.0. The molecule has 0 fully saturated rings. The second-order valence-electron chi connectivity index (χ2n) is 4.38. The molecule has 0 aromatic heterocycles. The third kappa shape index (κ3) is 5.09. The molecule has 5 heteroatoms. The predicted molar refractivity (Wildman–Crippen MR) is 80.0 cm³/mol. The molecule has 0 bridgehead atoms. The molecule has 1 amide bonds. The standard InChI is InChI=1S/C14H22N2O2.ClH/c1-5-14(17)15-10-12(16(2)3)11-8-6-7-9-13(11)18-4;/h6-9,12H,5,10H2,1-4H3,(H,15,17);1H. The highest BCUT2D eigenvalue weighted by molar-refractivity contribution is 5.85. The highest BCUT2D eigenvalue weighted by Crippen LogP contribution is 2.27. The number of ether oxygens (including phenoxy) is 1. The first-order valence-corrected chi connectivity index (χ1v) is 6.16. The number of para-hydroxylation sites is 1. The van der Waals surface area contributed by atoms with Gasteiger partial charge in [0, 0.05) is 18.5 Å². The van der Waals surface area contributed by atoms with Gasteiger partial charge in [0.05, 0.1) is 13.2 Å². The number of halogens is 1. The average molecular weight is 287 g/mol. The zero-order valence-electron chi connectivity index (χ0n) is 12.0. The Kier molecular flexibility index (Phi) is 8.19. The van der Waals surface area contributed by atoms with Gasteiger partial charge < -0.3 is 15.0 Å². The lowest BCUT2D eigenvalue weighted by molar-refractivity contribution is -0.121. The maximum Gasteiger partial charge on any atom is 0.219 e. The highest BCUT2D eigenvalue weighted by Gasteiger charge is 2.18. The molecule has 1 unspecified atom stereocenters. The van der Waals surface area contributed by atoms with Crippen molar-refractivity contribution in [3.63, 3.8) is 0 Å². The van der Waals surface area contributed by atoms with Gasteiger partial charge >= 0.3 is 0 Å². The number of nitrogens with one attached hydrogen (secondary N) is 1. The summed E-state index contributed by atoms with van der Waals surface area (Å²) < 4.78 is 5.37. The number of carbonyl (C=O) groups excluding carboxylic acids is 1. The second kappa shape index (κ2) is 8.77. The molecule has 0 spiro atoms. The van der Waals surface area contributed by atoms with Crippen LogP contribution in [0.1, 0.15) is 24.9 Å². The summed E-state index contributed by atoms with van der Waals surface area (Å²) in [6.45, 7) is 2.43. The van der Waals surface area contributed by atoms with Crippen molar-refractivity contribution in [3.8, 4) is 5.75 Å². The molecule has 4 nitrogen and oxygen atoms in total. The van der Waals surface area contributed by atoms with E-state index in [9.17, 15) is 4.79 Å². The molecule has 1 rings (SSSR count). The van der Waals surface area contributed by atoms with Crippen molar-refractivity contribution >= 4 is 18.3 Å². The van der Waals surface area contributed by atoms with E-state index < -0.39 is 0 Å². The summed E-state index contributed by atoms with van der Waals surface area (Å²) in [5.74, 6) is 0.915. The topological polar surface area (TPSA) is 41.6 Å². The number of amides is 1. The van der Waals surface area contributed by atoms with Crippen molar-refractivity contribution in [1.82, 2.24) is 10.2 Å². The van der Waals surface area contributed by atoms with Gasteiger partial charge in [0.25, 0.3) is 0 Å². The molecule has 108 valence electrons. The zero-order chi connectivity index (χ0) is 13.5. The SMILES string of the molecule is CCC(=O)NCC(c1ccccc1OC)N(C)C.Cl. The normalized spacial score (nSPS) is 11.6. The zero-order valence-corrected chi connectivity index (χ0v) is 12.8. The Balaban J connectivity index is 0.00000324. The van der Waals surface area contributed by atoms with E-state index >= 15 is 0 Å². The van der Waals surface area contributed by atoms with E-state index in [-0.39, 0.29) is 24.4 Å². The molecule has 0 aliphatic carbocycles. The van der Waals surface area contributed by atoms with Gasteiger partial charge in [0.1, 0.15) is 5.75 Å². The Hall–Kier alpha value is -1.26. The lowest BCUT2D eigenvalue weighted by Crippen LogP contribution is -2.34. The van der Waals surface area contributed by atoms with Gasteiger partial charge in [-0.1, -0.05) is 25.1 Å². The molecule has 0 aliphatic heterocycles. The molecule has 0 saturated heterocycles. The van der Waals surface area contributed by atoms with Crippen molar-refractivity contribution in [1.29, 1.82) is 0 Å². The first-order chi connectivity index (χ1) is 8.60. The number of carbonyl (C=O) groups is 1. The number of hydrogen-bond donors (Lipinski definition) is 1. The van der Waals surface area contributed by atoms with Crippen molar-refractivity contribution in [2.24, 2.45) is 0 Å². The van der Waals surface area contributed by atoms with Crippen molar-refractivity contribution in [2.75, 3.05) is 27.7 Å². The number of nitrogens with zero attached hydrogens (tertiary/aromatic N) is 1. The van der Waals surface area contributed by atoms with Crippen molar-refractivity contribution < 1.29 is 9.53 Å². The Labute approximate surface area is 121 Å². The highest BCUT2D eigenvalue weighted by atomic mass is 35.5. The van der Waals surface area contributed by atoms with E-state index in [1.807, 2.05) is 45.3 Å². The van der Waals surface area contributed by atoms with Crippen LogP contribution < -0.4 is 10.1 Å². The van der Waals surface area contributed by atoms with E-state index in [1.54, 1.807) is 7.11 Å². The monoisotopic (exact) mass is 286 g/mol. The van der Waals surface area contributed by atoms with E-state index in [1.165, 1.54) is 0 Å². The minimum absolute atomic E-state index is 0. The van der Waals surface area contributed by atoms with E-state index in [0.717, 1.165) is 11.3 Å². The molecule has 0 saturated carbocycles. The van der Waals surface area contributed by atoms with Gasteiger partial charge in [-0.2, -0.15) is 0 Å². The third-order valence-corrected chi connectivity index (χ3v) is 2.93. The van der Waals surface area contributed by atoms with Crippen LogP contribution in [0.2, 0.25) is 0 Å². The smallest absolute Gasteiger partial charge is 0.219 e. The predicted octanol–water partition coefficient (Wildman–Crippen LogP) is 2.25. The summed E-state index contributed by atoms with van der Waals surface area (Å²) in [6.07, 6.45) is 0.506. The largest absolute Gasteiger partial charge is 0.496 e. The summed E-state index contributed by atoms with van der Waals surface area (Å²) in [5, 5.41) is 2.93. The van der Waals surface area contributed by atoms with Crippen LogP contribution in [0, 0.1) is 0 Å². The molecular formula is C14H23ClN2O2. The number of rotatable bonds is 6. The molecule has 0 radical (unpaired) electrons. The number of hydrogen-bond acceptors (Lipinski definition) is 3. The minimum Gasteiger partial charge on any atom is -0.496 e. The molecule has 1 N–H and O–H groups in total. The first-order valence-electron chi connectivity index (χ1n) is 6.16. The number of benzene rings is 1. The van der Waals surface area contributed by atoms with Crippen LogP contribution in [0.4, 0.5) is 0 Å². The summed E-state index contributed by atoms with van der Waals surface area (Å²) in [4.78, 5) is 13.4. The van der Waals surface area contributed by atoms with Gasteiger partial charge in [-0.3, -0.25) is 4.79 Å². The van der Waals surface area contributed by atoms with E-state index in [4.69, 9.17) is 4.74 Å². The van der Waals surface area contributed by atoms with E-state index in [0.29, 0.717) is 13.0 Å². The Morgan fingerprint density at radius 1 is 1.37 bits per heavy atom. The maximum absolute atomic E-state index is 11.4. The van der Waals surface area contributed by atoms with Crippen LogP contribution in [0.25, 0.3) is 0 Å². The van der Waals surface area contributed by atoms with Crippen LogP contribution in [-0.4, -0.2) is 38.6 Å². The molecular weight excluding hydrogens is 264 g/mol. The van der Waals surface area contributed by atoms with Gasteiger partial charge in [-0.05, 0) is 20.2 Å². The third-order valence-electron chi connectivity index (χ3n) is 2.93. The van der Waals surface area contributed by atoms with Crippen molar-refractivity contribution in [3.05, 3.63) is 29.8 Å². The van der Waals surface area contributed by atoms with Crippen molar-refractivity contribution in [2.45, 2.75) is 19.4 Å². The van der Waals surface area contributed by atoms with Crippen LogP contribution in [-0.2, 0) is 4.79 Å². The summed E-state index contributed by atoms with van der Waals surface area (Å²) >= 11 is 0.